The van der Waals surface area contributed by atoms with Crippen molar-refractivity contribution in [1.29, 1.82) is 0 Å². The van der Waals surface area contributed by atoms with Crippen LogP contribution in [-0.2, 0) is 12.0 Å². The predicted molar refractivity (Wildman–Crippen MR) is 141 cm³/mol. The van der Waals surface area contributed by atoms with Crippen LogP contribution in [0.1, 0.15) is 76.5 Å². The fraction of sp³-hybridized carbons (Fsp3) is 0.464. The van der Waals surface area contributed by atoms with Gasteiger partial charge < -0.3 is 5.73 Å². The molecule has 0 aliphatic heterocycles. The number of tetrazole rings is 1. The summed E-state index contributed by atoms with van der Waals surface area (Å²) >= 11 is 0. The first-order chi connectivity index (χ1) is 17.3. The van der Waals surface area contributed by atoms with E-state index in [9.17, 15) is 0 Å². The highest BCUT2D eigenvalue weighted by Gasteiger charge is 2.30. The molecule has 2 aromatic carbocycles. The molecule has 36 heavy (non-hydrogen) atoms. The van der Waals surface area contributed by atoms with Crippen molar-refractivity contribution < 1.29 is 0 Å². The van der Waals surface area contributed by atoms with Crippen LogP contribution in [0.25, 0.3) is 22.5 Å². The van der Waals surface area contributed by atoms with Gasteiger partial charge in [0.15, 0.2) is 11.6 Å². The van der Waals surface area contributed by atoms with Crippen LogP contribution in [0.5, 0.6) is 0 Å². The van der Waals surface area contributed by atoms with Gasteiger partial charge in [-0.2, -0.15) is 5.10 Å². The maximum absolute atomic E-state index is 6.19. The van der Waals surface area contributed by atoms with E-state index in [0.717, 1.165) is 54.0 Å². The van der Waals surface area contributed by atoms with Crippen LogP contribution in [-0.4, -0.2) is 41.4 Å². The molecule has 2 heterocycles. The van der Waals surface area contributed by atoms with E-state index < -0.39 is 0 Å². The molecule has 8 nitrogen and oxygen atoms in total. The monoisotopic (exact) mass is 484 g/mol. The van der Waals surface area contributed by atoms with Crippen LogP contribution in [0.2, 0.25) is 0 Å². The minimum Gasteiger partial charge on any atom is -0.328 e. The van der Waals surface area contributed by atoms with Gasteiger partial charge in [0.25, 0.3) is 0 Å². The Bertz CT molecular complexity index is 1270. The molecule has 3 N–H and O–H groups in total. The van der Waals surface area contributed by atoms with Crippen LogP contribution in [0.4, 0.5) is 0 Å². The van der Waals surface area contributed by atoms with Gasteiger partial charge in [-0.25, -0.2) is 14.8 Å². The Morgan fingerprint density at radius 1 is 1.00 bits per heavy atom. The molecule has 0 bridgehead atoms. The van der Waals surface area contributed by atoms with E-state index in [-0.39, 0.29) is 11.5 Å². The molecule has 2 aromatic heterocycles. The molecule has 1 aliphatic carbocycles. The van der Waals surface area contributed by atoms with Gasteiger partial charge in [0, 0.05) is 22.9 Å². The lowest BCUT2D eigenvalue weighted by Gasteiger charge is -2.30. The molecule has 1 aliphatic rings. The van der Waals surface area contributed by atoms with Gasteiger partial charge in [-0.3, -0.25) is 0 Å². The second kappa shape index (κ2) is 9.93. The molecule has 1 unspecified atom stereocenters. The van der Waals surface area contributed by atoms with Gasteiger partial charge >= 0.3 is 0 Å². The van der Waals surface area contributed by atoms with Crippen LogP contribution in [0, 0.1) is 5.92 Å². The number of aromatic nitrogens is 7. The SMILES string of the molecule is CC(N)C1CCC(c2nc(C(C)(C)C)nn2Cc2ccc(-c3ccccc3-c3nnn[nH]3)cc2)CC1. The third kappa shape index (κ3) is 5.09. The molecule has 0 radical (unpaired) electrons. The van der Waals surface area contributed by atoms with E-state index in [2.05, 4.69) is 83.3 Å². The van der Waals surface area contributed by atoms with E-state index in [1.165, 1.54) is 5.56 Å². The molecule has 1 atom stereocenters. The van der Waals surface area contributed by atoms with Crippen molar-refractivity contribution in [2.75, 3.05) is 0 Å². The minimum atomic E-state index is -0.0912. The smallest absolute Gasteiger partial charge is 0.180 e. The summed E-state index contributed by atoms with van der Waals surface area (Å²) in [4.78, 5) is 5.07. The number of rotatable bonds is 6. The Hall–Kier alpha value is -3.39. The number of nitrogens with two attached hydrogens (primary N) is 1. The van der Waals surface area contributed by atoms with Crippen molar-refractivity contribution in [3.8, 4) is 22.5 Å². The highest BCUT2D eigenvalue weighted by molar-refractivity contribution is 5.80. The third-order valence-corrected chi connectivity index (χ3v) is 7.38. The van der Waals surface area contributed by atoms with E-state index in [0.29, 0.717) is 24.2 Å². The number of nitrogens with one attached hydrogen (secondary N) is 1. The Morgan fingerprint density at radius 3 is 2.31 bits per heavy atom. The maximum atomic E-state index is 6.19. The van der Waals surface area contributed by atoms with Gasteiger partial charge in [-0.05, 0) is 65.6 Å². The van der Waals surface area contributed by atoms with E-state index >= 15 is 0 Å². The molecule has 8 heteroatoms. The summed E-state index contributed by atoms with van der Waals surface area (Å²) in [5.41, 5.74) is 10.5. The number of H-pyrrole nitrogens is 1. The number of nitrogens with zero attached hydrogens (tertiary/aromatic N) is 6. The normalized spacial score (nSPS) is 19.4. The largest absolute Gasteiger partial charge is 0.328 e. The van der Waals surface area contributed by atoms with Crippen molar-refractivity contribution in [3.05, 3.63) is 65.7 Å². The third-order valence-electron chi connectivity index (χ3n) is 7.38. The summed E-state index contributed by atoms with van der Waals surface area (Å²) in [6.07, 6.45) is 4.57. The van der Waals surface area contributed by atoms with Crippen molar-refractivity contribution >= 4 is 0 Å². The van der Waals surface area contributed by atoms with Crippen LogP contribution in [0.3, 0.4) is 0 Å². The van der Waals surface area contributed by atoms with E-state index in [4.69, 9.17) is 15.8 Å². The lowest BCUT2D eigenvalue weighted by Crippen LogP contribution is -2.30. The second-order valence-electron chi connectivity index (χ2n) is 11.2. The molecular formula is C28H36N8. The predicted octanol–water partition coefficient (Wildman–Crippen LogP) is 5.09. The standard InChI is InChI=1S/C28H36N8/c1-18(29)20-13-15-22(16-14-20)26-30-27(28(2,3)4)33-36(26)17-19-9-11-21(12-10-19)23-7-5-6-8-24(23)25-31-34-35-32-25/h5-12,18,20,22H,13-17,29H2,1-4H3,(H,31,32,34,35). The fourth-order valence-corrected chi connectivity index (χ4v) is 5.17. The van der Waals surface area contributed by atoms with Gasteiger partial charge in [0.2, 0.25) is 0 Å². The highest BCUT2D eigenvalue weighted by atomic mass is 15.5. The summed E-state index contributed by atoms with van der Waals surface area (Å²) in [6.45, 7) is 9.38. The molecule has 0 amide bonds. The molecule has 0 spiro atoms. The zero-order valence-corrected chi connectivity index (χ0v) is 21.6. The molecule has 188 valence electrons. The zero-order chi connectivity index (χ0) is 25.3. The molecular weight excluding hydrogens is 448 g/mol. The number of benzene rings is 2. The molecule has 5 rings (SSSR count). The first kappa shape index (κ1) is 24.3. The summed E-state index contributed by atoms with van der Waals surface area (Å²) in [7, 11) is 0. The van der Waals surface area contributed by atoms with Crippen molar-refractivity contribution in [3.63, 3.8) is 0 Å². The fourth-order valence-electron chi connectivity index (χ4n) is 5.17. The quantitative estimate of drug-likeness (QED) is 0.394. The lowest BCUT2D eigenvalue weighted by molar-refractivity contribution is 0.282. The van der Waals surface area contributed by atoms with Gasteiger partial charge in [0.1, 0.15) is 5.82 Å². The summed E-state index contributed by atoms with van der Waals surface area (Å²) in [6, 6.07) is 17.1. The lowest BCUT2D eigenvalue weighted by atomic mass is 9.79. The van der Waals surface area contributed by atoms with Crippen LogP contribution >= 0.6 is 0 Å². The van der Waals surface area contributed by atoms with Crippen LogP contribution in [0.15, 0.2) is 48.5 Å². The average molecular weight is 485 g/mol. The Kier molecular flexibility index (Phi) is 6.71. The zero-order valence-electron chi connectivity index (χ0n) is 21.6. The number of hydrogen-bond acceptors (Lipinski definition) is 6. The number of hydrogen-bond donors (Lipinski definition) is 2. The topological polar surface area (TPSA) is 111 Å². The maximum Gasteiger partial charge on any atom is 0.180 e. The molecule has 4 aromatic rings. The van der Waals surface area contributed by atoms with E-state index in [1.807, 2.05) is 18.2 Å². The van der Waals surface area contributed by atoms with Crippen LogP contribution < -0.4 is 5.73 Å². The Labute approximate surface area is 212 Å². The molecule has 0 saturated heterocycles. The first-order valence-electron chi connectivity index (χ1n) is 12.9. The second-order valence-corrected chi connectivity index (χ2v) is 11.2. The van der Waals surface area contributed by atoms with Crippen molar-refractivity contribution in [1.82, 2.24) is 35.4 Å². The molecule has 1 fully saturated rings. The van der Waals surface area contributed by atoms with Gasteiger partial charge in [-0.15, -0.1) is 5.10 Å². The molecule has 1 saturated carbocycles. The Balaban J connectivity index is 1.40. The van der Waals surface area contributed by atoms with Crippen molar-refractivity contribution in [2.45, 2.75) is 77.3 Å². The Morgan fingerprint density at radius 2 is 1.69 bits per heavy atom. The number of aromatic amines is 1. The summed E-state index contributed by atoms with van der Waals surface area (Å²) in [5, 5.41) is 19.4. The summed E-state index contributed by atoms with van der Waals surface area (Å²) in [5.74, 6) is 3.75. The van der Waals surface area contributed by atoms with Gasteiger partial charge in [0.05, 0.1) is 6.54 Å². The average Bonchev–Trinajstić information content (AvgIpc) is 3.55. The van der Waals surface area contributed by atoms with Gasteiger partial charge in [-0.1, -0.05) is 69.3 Å². The summed E-state index contributed by atoms with van der Waals surface area (Å²) < 4.78 is 2.14. The first-order valence-corrected chi connectivity index (χ1v) is 12.9. The van der Waals surface area contributed by atoms with Crippen molar-refractivity contribution in [2.24, 2.45) is 11.7 Å². The van der Waals surface area contributed by atoms with E-state index in [1.54, 1.807) is 0 Å². The highest BCUT2D eigenvalue weighted by Crippen LogP contribution is 2.37. The minimum absolute atomic E-state index is 0.0912.